The van der Waals surface area contributed by atoms with E-state index in [2.05, 4.69) is 21.3 Å². The van der Waals surface area contributed by atoms with Gasteiger partial charge in [0, 0.05) is 6.07 Å². The van der Waals surface area contributed by atoms with E-state index < -0.39 is 58.1 Å². The third-order valence-electron chi connectivity index (χ3n) is 5.62. The minimum Gasteiger partial charge on any atom is -0.458 e. The normalized spacial score (nSPS) is 14.0. The molecule has 0 saturated heterocycles. The van der Waals surface area contributed by atoms with Crippen LogP contribution in [0.25, 0.3) is 0 Å². The highest BCUT2D eigenvalue weighted by molar-refractivity contribution is 5.97. The first-order chi connectivity index (χ1) is 19.2. The van der Waals surface area contributed by atoms with Gasteiger partial charge in [0.25, 0.3) is 5.69 Å². The number of nitrogens with zero attached hydrogens (tertiary/aromatic N) is 1. The zero-order chi connectivity index (χ0) is 32.4. The minimum atomic E-state index is -1.26. The molecule has 13 nitrogen and oxygen atoms in total. The third-order valence-corrected chi connectivity index (χ3v) is 5.62. The van der Waals surface area contributed by atoms with Gasteiger partial charge in [-0.15, -0.1) is 0 Å². The molecule has 0 aliphatic heterocycles. The summed E-state index contributed by atoms with van der Waals surface area (Å²) in [5.41, 5.74) is -1.80. The summed E-state index contributed by atoms with van der Waals surface area (Å²) in [6, 6.07) is 1.44. The molecule has 0 saturated carbocycles. The number of hydrogen-bond acceptors (Lipinski definition) is 8. The Kier molecular flexibility index (Phi) is 13.4. The molecule has 0 spiro atoms. The Morgan fingerprint density at radius 1 is 0.857 bits per heavy atom. The largest absolute Gasteiger partial charge is 0.458 e. The summed E-state index contributed by atoms with van der Waals surface area (Å²) in [7, 11) is 0. The molecule has 1 aromatic rings. The van der Waals surface area contributed by atoms with E-state index in [1.54, 1.807) is 55.4 Å². The number of carbonyl (C=O) groups excluding carboxylic acids is 4. The van der Waals surface area contributed by atoms with E-state index in [1.807, 2.05) is 13.8 Å². The maximum Gasteiger partial charge on any atom is 0.329 e. The lowest BCUT2D eigenvalue weighted by atomic mass is 10.00. The van der Waals surface area contributed by atoms with Crippen molar-refractivity contribution in [3.8, 4) is 0 Å². The van der Waals surface area contributed by atoms with Crippen molar-refractivity contribution in [1.82, 2.24) is 16.0 Å². The van der Waals surface area contributed by atoms with Crippen LogP contribution in [0.5, 0.6) is 0 Å². The van der Waals surface area contributed by atoms with Crippen molar-refractivity contribution in [3.05, 3.63) is 34.4 Å². The predicted octanol–water partition coefficient (Wildman–Crippen LogP) is 3.91. The van der Waals surface area contributed by atoms with E-state index in [0.717, 1.165) is 0 Å². The SMILES string of the molecule is CC(C)C[C@H](NC(=O)[C@H](COC(C)(C)C)NC(=O)Nc1ccccc1[N+](=O)[O-])C(=O)N[C@H](C(=O)OC(C)(C)C)C(C)C. The van der Waals surface area contributed by atoms with E-state index in [9.17, 15) is 29.3 Å². The van der Waals surface area contributed by atoms with Gasteiger partial charge in [-0.1, -0.05) is 39.8 Å². The maximum atomic E-state index is 13.4. The van der Waals surface area contributed by atoms with Gasteiger partial charge >= 0.3 is 12.0 Å². The molecule has 0 heterocycles. The molecule has 0 aliphatic rings. The van der Waals surface area contributed by atoms with Gasteiger partial charge in [0.15, 0.2) is 0 Å². The molecule has 0 radical (unpaired) electrons. The van der Waals surface area contributed by atoms with Gasteiger partial charge in [0.05, 0.1) is 17.1 Å². The highest BCUT2D eigenvalue weighted by atomic mass is 16.6. The molecule has 1 aromatic carbocycles. The second kappa shape index (κ2) is 15.5. The van der Waals surface area contributed by atoms with Crippen molar-refractivity contribution < 1.29 is 33.6 Å². The van der Waals surface area contributed by atoms with Crippen LogP contribution in [0, 0.1) is 22.0 Å². The zero-order valence-electron chi connectivity index (χ0n) is 26.3. The fraction of sp³-hybridized carbons (Fsp3) is 0.655. The summed E-state index contributed by atoms with van der Waals surface area (Å²) in [5.74, 6) is -2.19. The van der Waals surface area contributed by atoms with Crippen LogP contribution in [0.4, 0.5) is 16.2 Å². The molecule has 3 atom stereocenters. The Labute approximate surface area is 248 Å². The molecule has 1 rings (SSSR count). The van der Waals surface area contributed by atoms with Crippen LogP contribution in [-0.2, 0) is 23.9 Å². The number of carbonyl (C=O) groups is 4. The van der Waals surface area contributed by atoms with Crippen molar-refractivity contribution in [2.75, 3.05) is 11.9 Å². The molecule has 4 amide bonds. The van der Waals surface area contributed by atoms with Gasteiger partial charge in [0.1, 0.15) is 29.4 Å². The molecule has 0 aromatic heterocycles. The highest BCUT2D eigenvalue weighted by Crippen LogP contribution is 2.23. The summed E-state index contributed by atoms with van der Waals surface area (Å²) < 4.78 is 11.2. The van der Waals surface area contributed by atoms with Crippen LogP contribution in [0.1, 0.15) is 75.7 Å². The highest BCUT2D eigenvalue weighted by Gasteiger charge is 2.34. The first-order valence-corrected chi connectivity index (χ1v) is 14.0. The standard InChI is InChI=1S/C29H47N5O8/c1-17(2)15-20(24(35)33-23(18(3)4)26(37)42-29(8,9)10)30-25(36)21(16-41-28(5,6)7)32-27(38)31-19-13-11-12-14-22(19)34(39)40/h11-14,17-18,20-21,23H,15-16H2,1-10H3,(H,30,36)(H,33,35)(H2,31,32,38)/t20-,21-,23-/m0/s1. The number of ether oxygens (including phenoxy) is 2. The van der Waals surface area contributed by atoms with Crippen molar-refractivity contribution in [2.24, 2.45) is 11.8 Å². The Bertz CT molecular complexity index is 1110. The monoisotopic (exact) mass is 593 g/mol. The smallest absolute Gasteiger partial charge is 0.329 e. The van der Waals surface area contributed by atoms with E-state index in [1.165, 1.54) is 24.3 Å². The van der Waals surface area contributed by atoms with E-state index in [4.69, 9.17) is 9.47 Å². The summed E-state index contributed by atoms with van der Waals surface area (Å²) in [6.45, 7) is 17.5. The molecule has 236 valence electrons. The van der Waals surface area contributed by atoms with Gasteiger partial charge in [-0.25, -0.2) is 9.59 Å². The van der Waals surface area contributed by atoms with Crippen LogP contribution in [0.2, 0.25) is 0 Å². The fourth-order valence-corrected chi connectivity index (χ4v) is 3.66. The molecule has 4 N–H and O–H groups in total. The van der Waals surface area contributed by atoms with Crippen LogP contribution < -0.4 is 21.3 Å². The minimum absolute atomic E-state index is 0.0146. The number of nitrogens with one attached hydrogen (secondary N) is 4. The molecular formula is C29H47N5O8. The molecule has 42 heavy (non-hydrogen) atoms. The number of amides is 4. The Hall–Kier alpha value is -3.74. The van der Waals surface area contributed by atoms with Gasteiger partial charge in [0.2, 0.25) is 11.8 Å². The summed E-state index contributed by atoms with van der Waals surface area (Å²) >= 11 is 0. The number of urea groups is 1. The number of para-hydroxylation sites is 2. The molecular weight excluding hydrogens is 546 g/mol. The number of nitro benzene ring substituents is 1. The number of rotatable bonds is 13. The Balaban J connectivity index is 3.17. The van der Waals surface area contributed by atoms with E-state index >= 15 is 0 Å². The number of hydrogen-bond donors (Lipinski definition) is 4. The van der Waals surface area contributed by atoms with E-state index in [0.29, 0.717) is 0 Å². The van der Waals surface area contributed by atoms with Crippen LogP contribution in [0.3, 0.4) is 0 Å². The van der Waals surface area contributed by atoms with Crippen LogP contribution in [0.15, 0.2) is 24.3 Å². The van der Waals surface area contributed by atoms with E-state index in [-0.39, 0.29) is 36.2 Å². The average molecular weight is 594 g/mol. The first-order valence-electron chi connectivity index (χ1n) is 14.0. The summed E-state index contributed by atoms with van der Waals surface area (Å²) in [5, 5.41) is 21.6. The molecule has 0 bridgehead atoms. The molecule has 0 fully saturated rings. The predicted molar refractivity (Wildman–Crippen MR) is 159 cm³/mol. The molecule has 0 aliphatic carbocycles. The lowest BCUT2D eigenvalue weighted by Crippen LogP contribution is -2.58. The lowest BCUT2D eigenvalue weighted by molar-refractivity contribution is -0.383. The second-order valence-electron chi connectivity index (χ2n) is 12.8. The number of anilines is 1. The van der Waals surface area contributed by atoms with Crippen molar-refractivity contribution >= 4 is 35.2 Å². The third kappa shape index (κ3) is 13.3. The van der Waals surface area contributed by atoms with Crippen LogP contribution in [-0.4, -0.2) is 64.7 Å². The van der Waals surface area contributed by atoms with Crippen molar-refractivity contribution in [3.63, 3.8) is 0 Å². The van der Waals surface area contributed by atoms with Crippen molar-refractivity contribution in [2.45, 2.75) is 105 Å². The number of benzene rings is 1. The van der Waals surface area contributed by atoms with Crippen LogP contribution >= 0.6 is 0 Å². The lowest BCUT2D eigenvalue weighted by Gasteiger charge is -2.29. The second-order valence-corrected chi connectivity index (χ2v) is 12.8. The average Bonchev–Trinajstić information content (AvgIpc) is 2.82. The Morgan fingerprint density at radius 2 is 1.43 bits per heavy atom. The summed E-state index contributed by atoms with van der Waals surface area (Å²) in [6.07, 6.45) is 0.242. The molecule has 13 heteroatoms. The maximum absolute atomic E-state index is 13.4. The number of esters is 1. The number of nitro groups is 1. The van der Waals surface area contributed by atoms with Crippen molar-refractivity contribution in [1.29, 1.82) is 0 Å². The van der Waals surface area contributed by atoms with Gasteiger partial charge in [-0.2, -0.15) is 0 Å². The quantitative estimate of drug-likeness (QED) is 0.151. The van der Waals surface area contributed by atoms with Gasteiger partial charge < -0.3 is 30.7 Å². The Morgan fingerprint density at radius 3 is 1.93 bits per heavy atom. The van der Waals surface area contributed by atoms with Gasteiger partial charge in [-0.05, 0) is 65.9 Å². The summed E-state index contributed by atoms with van der Waals surface area (Å²) in [4.78, 5) is 63.1. The zero-order valence-corrected chi connectivity index (χ0v) is 26.3. The van der Waals surface area contributed by atoms with Gasteiger partial charge in [-0.3, -0.25) is 19.7 Å². The topological polar surface area (TPSA) is 178 Å². The first kappa shape index (κ1) is 36.3. The fourth-order valence-electron chi connectivity index (χ4n) is 3.66. The molecule has 0 unspecified atom stereocenters.